The quantitative estimate of drug-likeness (QED) is 0.648. The van der Waals surface area contributed by atoms with Crippen LogP contribution in [0.1, 0.15) is 38.7 Å². The van der Waals surface area contributed by atoms with Gasteiger partial charge in [-0.25, -0.2) is 0 Å². The highest BCUT2D eigenvalue weighted by Gasteiger charge is 2.33. The highest BCUT2D eigenvalue weighted by Crippen LogP contribution is 2.29. The molecule has 0 spiro atoms. The third kappa shape index (κ3) is 5.04. The molecule has 116 valence electrons. The van der Waals surface area contributed by atoms with Crippen molar-refractivity contribution in [2.75, 3.05) is 13.1 Å². The summed E-state index contributed by atoms with van der Waals surface area (Å²) >= 11 is 4.26. The molecule has 0 aromatic heterocycles. The second-order valence-electron chi connectivity index (χ2n) is 6.27. The summed E-state index contributed by atoms with van der Waals surface area (Å²) in [6, 6.07) is 7.91. The summed E-state index contributed by atoms with van der Waals surface area (Å²) in [6.45, 7) is 6.11. The molecule has 4 heteroatoms. The Morgan fingerprint density at radius 1 is 1.29 bits per heavy atom. The number of ether oxygens (including phenoxy) is 1. The smallest absolute Gasteiger partial charge is 0.306 e. The van der Waals surface area contributed by atoms with E-state index in [-0.39, 0.29) is 11.6 Å². The third-order valence-corrected chi connectivity index (χ3v) is 4.55. The summed E-state index contributed by atoms with van der Waals surface area (Å²) in [5.41, 5.74) is 0.776. The first kappa shape index (κ1) is 16.4. The molecule has 0 bridgehead atoms. The Bertz CT molecular complexity index is 464. The Kier molecular flexibility index (Phi) is 5.71. The number of esters is 1. The number of aryl methyl sites for hydroxylation is 1. The van der Waals surface area contributed by atoms with Gasteiger partial charge in [0.25, 0.3) is 0 Å². The van der Waals surface area contributed by atoms with Gasteiger partial charge < -0.3 is 10.1 Å². The fourth-order valence-corrected chi connectivity index (χ4v) is 3.00. The van der Waals surface area contributed by atoms with Crippen molar-refractivity contribution in [3.05, 3.63) is 29.8 Å². The fourth-order valence-electron chi connectivity index (χ4n) is 2.85. The summed E-state index contributed by atoms with van der Waals surface area (Å²) < 4.78 is 5.74. The zero-order valence-electron chi connectivity index (χ0n) is 12.9. The van der Waals surface area contributed by atoms with Crippen molar-refractivity contribution in [2.45, 2.75) is 50.0 Å². The Morgan fingerprint density at radius 3 is 2.52 bits per heavy atom. The van der Waals surface area contributed by atoms with Crippen LogP contribution in [0.2, 0.25) is 0 Å². The number of carbonyl (C=O) groups excluding carboxylic acids is 1. The zero-order chi connectivity index (χ0) is 15.3. The molecule has 21 heavy (non-hydrogen) atoms. The lowest BCUT2D eigenvalue weighted by molar-refractivity contribution is -0.162. The van der Waals surface area contributed by atoms with Gasteiger partial charge in [-0.3, -0.25) is 4.79 Å². The molecule has 2 rings (SSSR count). The van der Waals surface area contributed by atoms with Gasteiger partial charge in [0.15, 0.2) is 0 Å². The normalized spacial score (nSPS) is 16.7. The van der Waals surface area contributed by atoms with E-state index in [0.29, 0.717) is 12.3 Å². The predicted octanol–water partition coefficient (Wildman–Crippen LogP) is 3.23. The van der Waals surface area contributed by atoms with E-state index in [2.05, 4.69) is 17.9 Å². The van der Waals surface area contributed by atoms with Crippen molar-refractivity contribution in [1.29, 1.82) is 0 Å². The summed E-state index contributed by atoms with van der Waals surface area (Å²) in [5.74, 6) is 0.347. The average molecular weight is 307 g/mol. The number of thiol groups is 1. The number of hydrogen-bond donors (Lipinski definition) is 2. The molecule has 0 radical (unpaired) electrons. The van der Waals surface area contributed by atoms with Crippen molar-refractivity contribution >= 4 is 18.6 Å². The lowest BCUT2D eigenvalue weighted by Gasteiger charge is -2.36. The molecule has 1 heterocycles. The largest absolute Gasteiger partial charge is 0.459 e. The first-order valence-corrected chi connectivity index (χ1v) is 8.12. The lowest BCUT2D eigenvalue weighted by Crippen LogP contribution is -2.42. The lowest BCUT2D eigenvalue weighted by atomic mass is 9.83. The summed E-state index contributed by atoms with van der Waals surface area (Å²) in [7, 11) is 0. The van der Waals surface area contributed by atoms with Crippen LogP contribution < -0.4 is 5.32 Å². The first-order chi connectivity index (χ1) is 9.97. The molecule has 3 nitrogen and oxygen atoms in total. The molecule has 1 fully saturated rings. The van der Waals surface area contributed by atoms with Crippen LogP contribution in [0.15, 0.2) is 29.2 Å². The van der Waals surface area contributed by atoms with Gasteiger partial charge >= 0.3 is 5.97 Å². The minimum Gasteiger partial charge on any atom is -0.459 e. The summed E-state index contributed by atoms with van der Waals surface area (Å²) in [4.78, 5) is 13.0. The van der Waals surface area contributed by atoms with E-state index in [1.807, 2.05) is 38.1 Å². The molecular weight excluding hydrogens is 282 g/mol. The predicted molar refractivity (Wildman–Crippen MR) is 87.8 cm³/mol. The molecule has 0 aliphatic carbocycles. The maximum atomic E-state index is 12.1. The van der Waals surface area contributed by atoms with E-state index in [4.69, 9.17) is 4.74 Å². The molecular formula is C17H25NO2S. The SMILES string of the molecule is CC(C)(OC(=O)CCc1ccc(S)cc1)C1CCNCC1. The van der Waals surface area contributed by atoms with Crippen LogP contribution in [0.5, 0.6) is 0 Å². The molecule has 1 aromatic carbocycles. The van der Waals surface area contributed by atoms with Crippen molar-refractivity contribution in [2.24, 2.45) is 5.92 Å². The van der Waals surface area contributed by atoms with Gasteiger partial charge in [-0.1, -0.05) is 12.1 Å². The summed E-state index contributed by atoms with van der Waals surface area (Å²) in [5, 5.41) is 3.34. The number of benzene rings is 1. The van der Waals surface area contributed by atoms with E-state index in [9.17, 15) is 4.79 Å². The van der Waals surface area contributed by atoms with Crippen LogP contribution in [0.4, 0.5) is 0 Å². The number of nitrogens with one attached hydrogen (secondary N) is 1. The monoisotopic (exact) mass is 307 g/mol. The second kappa shape index (κ2) is 7.32. The van der Waals surface area contributed by atoms with Gasteiger partial charge in [0.2, 0.25) is 0 Å². The van der Waals surface area contributed by atoms with Gasteiger partial charge in [0.1, 0.15) is 5.60 Å². The Hall–Kier alpha value is -1.00. The number of piperidine rings is 1. The average Bonchev–Trinajstić information content (AvgIpc) is 2.47. The van der Waals surface area contributed by atoms with Crippen molar-refractivity contribution in [3.8, 4) is 0 Å². The van der Waals surface area contributed by atoms with Crippen LogP contribution in [0.25, 0.3) is 0 Å². The summed E-state index contributed by atoms with van der Waals surface area (Å²) in [6.07, 6.45) is 3.29. The third-order valence-electron chi connectivity index (χ3n) is 4.25. The molecule has 1 N–H and O–H groups in total. The van der Waals surface area contributed by atoms with E-state index in [1.54, 1.807) is 0 Å². The van der Waals surface area contributed by atoms with Crippen molar-refractivity contribution in [1.82, 2.24) is 5.32 Å². The van der Waals surface area contributed by atoms with Crippen LogP contribution in [0, 0.1) is 5.92 Å². The number of hydrogen-bond acceptors (Lipinski definition) is 4. The maximum absolute atomic E-state index is 12.1. The molecule has 1 aliphatic rings. The topological polar surface area (TPSA) is 38.3 Å². The molecule has 1 aliphatic heterocycles. The highest BCUT2D eigenvalue weighted by atomic mass is 32.1. The minimum absolute atomic E-state index is 0.103. The molecule has 0 atom stereocenters. The second-order valence-corrected chi connectivity index (χ2v) is 6.78. The van der Waals surface area contributed by atoms with Gasteiger partial charge in [-0.15, -0.1) is 12.6 Å². The van der Waals surface area contributed by atoms with Gasteiger partial charge in [0.05, 0.1) is 0 Å². The molecule has 0 amide bonds. The minimum atomic E-state index is -0.367. The Balaban J connectivity index is 1.81. The van der Waals surface area contributed by atoms with Crippen LogP contribution in [-0.4, -0.2) is 24.7 Å². The molecule has 0 saturated carbocycles. The van der Waals surface area contributed by atoms with Crippen LogP contribution in [0.3, 0.4) is 0 Å². The van der Waals surface area contributed by atoms with Gasteiger partial charge in [-0.05, 0) is 63.9 Å². The Morgan fingerprint density at radius 2 is 1.90 bits per heavy atom. The highest BCUT2D eigenvalue weighted by molar-refractivity contribution is 7.80. The van der Waals surface area contributed by atoms with Gasteiger partial charge in [0, 0.05) is 17.2 Å². The van der Waals surface area contributed by atoms with Crippen LogP contribution >= 0.6 is 12.6 Å². The zero-order valence-corrected chi connectivity index (χ0v) is 13.8. The van der Waals surface area contributed by atoms with Gasteiger partial charge in [-0.2, -0.15) is 0 Å². The first-order valence-electron chi connectivity index (χ1n) is 7.68. The molecule has 1 aromatic rings. The van der Waals surface area contributed by atoms with E-state index in [1.165, 1.54) is 0 Å². The van der Waals surface area contributed by atoms with Crippen molar-refractivity contribution < 1.29 is 9.53 Å². The number of carbonyl (C=O) groups is 1. The van der Waals surface area contributed by atoms with E-state index < -0.39 is 0 Å². The van der Waals surface area contributed by atoms with Crippen LogP contribution in [-0.2, 0) is 16.0 Å². The fraction of sp³-hybridized carbons (Fsp3) is 0.588. The molecule has 1 saturated heterocycles. The van der Waals surface area contributed by atoms with E-state index in [0.717, 1.165) is 42.8 Å². The maximum Gasteiger partial charge on any atom is 0.306 e. The Labute approximate surface area is 132 Å². The number of rotatable bonds is 5. The molecule has 0 unspecified atom stereocenters. The van der Waals surface area contributed by atoms with E-state index >= 15 is 0 Å². The van der Waals surface area contributed by atoms with Crippen molar-refractivity contribution in [3.63, 3.8) is 0 Å². The standard InChI is InChI=1S/C17H25NO2S/c1-17(2,14-9-11-18-12-10-14)20-16(19)8-5-13-3-6-15(21)7-4-13/h3-4,6-7,14,18,21H,5,8-12H2,1-2H3.